The predicted molar refractivity (Wildman–Crippen MR) is 72.4 cm³/mol. The zero-order valence-corrected chi connectivity index (χ0v) is 11.3. The fourth-order valence-electron chi connectivity index (χ4n) is 1.52. The van der Waals surface area contributed by atoms with Crippen LogP contribution in [0.15, 0.2) is 29.2 Å². The highest BCUT2D eigenvalue weighted by atomic mass is 32.2. The summed E-state index contributed by atoms with van der Waals surface area (Å²) in [6.07, 6.45) is 2.42. The van der Waals surface area contributed by atoms with Gasteiger partial charge in [-0.3, -0.25) is 0 Å². The fraction of sp³-hybridized carbons (Fsp3) is 0.538. The summed E-state index contributed by atoms with van der Waals surface area (Å²) in [6.45, 7) is 2.05. The van der Waals surface area contributed by atoms with Crippen molar-refractivity contribution in [2.24, 2.45) is 0 Å². The first-order valence-electron chi connectivity index (χ1n) is 5.77. The minimum absolute atomic E-state index is 0.369. The molecule has 0 fully saturated rings. The second-order valence-corrected chi connectivity index (χ2v) is 4.80. The van der Waals surface area contributed by atoms with Gasteiger partial charge in [0.15, 0.2) is 0 Å². The van der Waals surface area contributed by atoms with Crippen LogP contribution in [0.5, 0.6) is 0 Å². The highest BCUT2D eigenvalue weighted by Crippen LogP contribution is 2.14. The highest BCUT2D eigenvalue weighted by Gasteiger charge is 2.02. The minimum Gasteiger partial charge on any atom is -0.391 e. The van der Waals surface area contributed by atoms with Gasteiger partial charge in [0.2, 0.25) is 0 Å². The third-order valence-corrected chi connectivity index (χ3v) is 3.25. The maximum absolute atomic E-state index is 9.45. The largest absolute Gasteiger partial charge is 0.391 e. The second-order valence-electron chi connectivity index (χ2n) is 3.92. The number of aliphatic hydroxyl groups is 1. The smallest absolute Gasteiger partial charge is 0.0785 e. The summed E-state index contributed by atoms with van der Waals surface area (Å²) in [4.78, 5) is 1.28. The van der Waals surface area contributed by atoms with Crippen LogP contribution in [0.3, 0.4) is 0 Å². The van der Waals surface area contributed by atoms with Gasteiger partial charge in [0, 0.05) is 18.6 Å². The molecule has 0 aliphatic carbocycles. The molecule has 1 rings (SSSR count). The van der Waals surface area contributed by atoms with E-state index in [0.29, 0.717) is 6.61 Å². The molecule has 1 unspecified atom stereocenters. The van der Waals surface area contributed by atoms with Gasteiger partial charge in [-0.05, 0) is 36.9 Å². The van der Waals surface area contributed by atoms with Crippen LogP contribution in [0.2, 0.25) is 0 Å². The molecule has 0 saturated heterocycles. The van der Waals surface area contributed by atoms with Gasteiger partial charge in [-0.2, -0.15) is 0 Å². The molecule has 3 nitrogen and oxygen atoms in total. The highest BCUT2D eigenvalue weighted by molar-refractivity contribution is 7.98. The maximum Gasteiger partial charge on any atom is 0.0785 e. The lowest BCUT2D eigenvalue weighted by molar-refractivity contribution is 0.0594. The molecule has 1 aromatic carbocycles. The topological polar surface area (TPSA) is 41.5 Å². The number of benzene rings is 1. The van der Waals surface area contributed by atoms with Gasteiger partial charge in [0.05, 0.1) is 12.7 Å². The molecule has 4 heteroatoms. The van der Waals surface area contributed by atoms with E-state index in [9.17, 15) is 5.11 Å². The van der Waals surface area contributed by atoms with Crippen LogP contribution in [0.25, 0.3) is 0 Å². The van der Waals surface area contributed by atoms with Crippen LogP contribution in [0.1, 0.15) is 12.0 Å². The van der Waals surface area contributed by atoms with Crippen LogP contribution in [0.4, 0.5) is 0 Å². The predicted octanol–water partition coefficient (Wildman–Crippen LogP) is 1.90. The Bertz CT molecular complexity index is 303. The summed E-state index contributed by atoms with van der Waals surface area (Å²) in [6, 6.07) is 8.51. The number of nitrogens with one attached hydrogen (secondary N) is 1. The molecule has 0 spiro atoms. The van der Waals surface area contributed by atoms with Gasteiger partial charge in [-0.1, -0.05) is 12.1 Å². The van der Waals surface area contributed by atoms with E-state index in [-0.39, 0.29) is 6.10 Å². The average Bonchev–Trinajstić information content (AvgIpc) is 2.36. The van der Waals surface area contributed by atoms with Gasteiger partial charge in [0.1, 0.15) is 0 Å². The number of hydrogen-bond acceptors (Lipinski definition) is 4. The quantitative estimate of drug-likeness (QED) is 0.550. The molecular weight excluding hydrogens is 234 g/mol. The zero-order valence-electron chi connectivity index (χ0n) is 10.5. The molecule has 0 saturated carbocycles. The monoisotopic (exact) mass is 255 g/mol. The molecule has 0 bridgehead atoms. The van der Waals surface area contributed by atoms with Crippen LogP contribution in [-0.2, 0) is 11.3 Å². The van der Waals surface area contributed by atoms with Crippen LogP contribution >= 0.6 is 11.8 Å². The fourth-order valence-corrected chi connectivity index (χ4v) is 1.93. The third kappa shape index (κ3) is 6.07. The first kappa shape index (κ1) is 14.5. The molecule has 0 amide bonds. The lowest BCUT2D eigenvalue weighted by atomic mass is 10.2. The zero-order chi connectivity index (χ0) is 12.5. The average molecular weight is 255 g/mol. The lowest BCUT2D eigenvalue weighted by Gasteiger charge is -2.10. The molecule has 17 heavy (non-hydrogen) atoms. The van der Waals surface area contributed by atoms with Crippen molar-refractivity contribution in [1.82, 2.24) is 5.32 Å². The SMILES string of the molecule is COCC(O)CCNCc1ccc(SC)cc1. The van der Waals surface area contributed by atoms with Gasteiger partial charge in [-0.15, -0.1) is 11.8 Å². The molecule has 96 valence electrons. The van der Waals surface area contributed by atoms with Crippen molar-refractivity contribution >= 4 is 11.8 Å². The van der Waals surface area contributed by atoms with E-state index in [0.717, 1.165) is 19.5 Å². The first-order valence-corrected chi connectivity index (χ1v) is 6.99. The van der Waals surface area contributed by atoms with E-state index >= 15 is 0 Å². The van der Waals surface area contributed by atoms with Crippen LogP contribution in [-0.4, -0.2) is 37.7 Å². The van der Waals surface area contributed by atoms with Crippen molar-refractivity contribution in [3.8, 4) is 0 Å². The van der Waals surface area contributed by atoms with Gasteiger partial charge in [-0.25, -0.2) is 0 Å². The van der Waals surface area contributed by atoms with Crippen LogP contribution < -0.4 is 5.32 Å². The summed E-state index contributed by atoms with van der Waals surface area (Å²) in [5.74, 6) is 0. The Labute approximate surface area is 108 Å². The minimum atomic E-state index is -0.369. The summed E-state index contributed by atoms with van der Waals surface area (Å²) in [7, 11) is 1.60. The van der Waals surface area contributed by atoms with Gasteiger partial charge >= 0.3 is 0 Å². The van der Waals surface area contributed by atoms with E-state index in [1.54, 1.807) is 18.9 Å². The van der Waals surface area contributed by atoms with E-state index in [4.69, 9.17) is 4.74 Å². The molecule has 1 aromatic rings. The van der Waals surface area contributed by atoms with Crippen molar-refractivity contribution in [1.29, 1.82) is 0 Å². The Hall–Kier alpha value is -0.550. The first-order chi connectivity index (χ1) is 8.26. The molecule has 1 atom stereocenters. The lowest BCUT2D eigenvalue weighted by Crippen LogP contribution is -2.22. The normalized spacial score (nSPS) is 12.6. The second kappa shape index (κ2) is 8.53. The van der Waals surface area contributed by atoms with E-state index in [1.807, 2.05) is 0 Å². The molecule has 0 heterocycles. The number of hydrogen-bond donors (Lipinski definition) is 2. The Balaban J connectivity index is 2.17. The van der Waals surface area contributed by atoms with Crippen molar-refractivity contribution in [3.63, 3.8) is 0 Å². The maximum atomic E-state index is 9.45. The number of thioether (sulfide) groups is 1. The summed E-state index contributed by atoms with van der Waals surface area (Å²) in [5, 5.41) is 12.8. The Morgan fingerprint density at radius 2 is 2.06 bits per heavy atom. The molecular formula is C13H21NO2S. The molecule has 0 aliphatic heterocycles. The van der Waals surface area contributed by atoms with Crippen molar-refractivity contribution in [3.05, 3.63) is 29.8 Å². The van der Waals surface area contributed by atoms with E-state index in [2.05, 4.69) is 35.8 Å². The van der Waals surface area contributed by atoms with Crippen molar-refractivity contribution in [2.45, 2.75) is 24.0 Å². The summed E-state index contributed by atoms with van der Waals surface area (Å²) >= 11 is 1.75. The Morgan fingerprint density at radius 3 is 2.65 bits per heavy atom. The van der Waals surface area contributed by atoms with Crippen LogP contribution in [0, 0.1) is 0 Å². The molecule has 0 aliphatic rings. The molecule has 2 N–H and O–H groups in total. The number of rotatable bonds is 8. The van der Waals surface area contributed by atoms with Gasteiger partial charge in [0.25, 0.3) is 0 Å². The van der Waals surface area contributed by atoms with Gasteiger partial charge < -0.3 is 15.2 Å². The molecule has 0 aromatic heterocycles. The number of ether oxygens (including phenoxy) is 1. The molecule has 0 radical (unpaired) electrons. The van der Waals surface area contributed by atoms with Crippen molar-refractivity contribution < 1.29 is 9.84 Å². The third-order valence-electron chi connectivity index (χ3n) is 2.50. The van der Waals surface area contributed by atoms with Crippen molar-refractivity contribution in [2.75, 3.05) is 26.5 Å². The number of aliphatic hydroxyl groups excluding tert-OH is 1. The van der Waals surface area contributed by atoms with E-state index < -0.39 is 0 Å². The standard InChI is InChI=1S/C13H21NO2S/c1-16-10-12(15)7-8-14-9-11-3-5-13(17-2)6-4-11/h3-6,12,14-15H,7-10H2,1-2H3. The Kier molecular flexibility index (Phi) is 7.28. The van der Waals surface area contributed by atoms with E-state index in [1.165, 1.54) is 10.5 Å². The summed E-state index contributed by atoms with van der Waals surface area (Å²) in [5.41, 5.74) is 1.27. The number of methoxy groups -OCH3 is 1. The Morgan fingerprint density at radius 1 is 1.35 bits per heavy atom. The summed E-state index contributed by atoms with van der Waals surface area (Å²) < 4.78 is 4.86.